The molecule has 0 aliphatic heterocycles. The van der Waals surface area contributed by atoms with Gasteiger partial charge in [0.25, 0.3) is 0 Å². The second-order valence-electron chi connectivity index (χ2n) is 2.68. The monoisotopic (exact) mass is 266 g/mol. The first kappa shape index (κ1) is 20.1. The Balaban J connectivity index is -0.000000845. The Morgan fingerprint density at radius 2 is 1.12 bits per heavy atom. The third-order valence-corrected chi connectivity index (χ3v) is 1.42. The quantitative estimate of drug-likeness (QED) is 0.353. The van der Waals surface area contributed by atoms with E-state index in [4.69, 9.17) is 22.3 Å². The normalized spacial score (nSPS) is 11.6. The first-order chi connectivity index (χ1) is 6.45. The fourth-order valence-corrected chi connectivity index (χ4v) is 0.379. The Hall–Kier alpha value is -1.40. The maximum Gasteiger partial charge on any atom is 0.119 e. The summed E-state index contributed by atoms with van der Waals surface area (Å²) in [6, 6.07) is 0. The molecule has 0 aromatic carbocycles. The maximum atomic E-state index is 7.03. The molecule has 8 heteroatoms. The topological polar surface area (TPSA) is 124 Å². The van der Waals surface area contributed by atoms with E-state index >= 15 is 0 Å². The predicted octanol–water partition coefficient (Wildman–Crippen LogP) is 1.96. The van der Waals surface area contributed by atoms with Crippen molar-refractivity contribution in [1.82, 2.24) is 0 Å². The van der Waals surface area contributed by atoms with Crippen LogP contribution in [0.25, 0.3) is 0 Å². The number of rotatable bonds is 4. The lowest BCUT2D eigenvalue weighted by Crippen LogP contribution is -2.10. The Morgan fingerprint density at radius 1 is 0.875 bits per heavy atom. The Labute approximate surface area is 107 Å². The summed E-state index contributed by atoms with van der Waals surface area (Å²) in [7, 11) is 0. The van der Waals surface area contributed by atoms with Gasteiger partial charge in [-0.05, 0) is 13.8 Å². The molecule has 0 saturated heterocycles. The van der Waals surface area contributed by atoms with E-state index in [-0.39, 0.29) is 36.5 Å². The first-order valence-electron chi connectivity index (χ1n) is 3.87. The lowest BCUT2D eigenvalue weighted by molar-refractivity contribution is 1.19. The molecule has 16 heavy (non-hydrogen) atoms. The van der Waals surface area contributed by atoms with Crippen LogP contribution in [0.15, 0.2) is 33.8 Å². The number of hydrogen-bond donors (Lipinski definition) is 4. The number of nitrogens with zero attached hydrogens (tertiary/aromatic N) is 2. The van der Waals surface area contributed by atoms with E-state index in [1.54, 1.807) is 13.8 Å². The molecule has 0 rings (SSSR count). The molecule has 92 valence electrons. The van der Waals surface area contributed by atoms with Crippen molar-refractivity contribution in [1.29, 1.82) is 10.8 Å². The molecule has 6 nitrogen and oxygen atoms in total. The molecule has 0 atom stereocenters. The number of hydrogen-bond acceptors (Lipinski definition) is 4. The summed E-state index contributed by atoms with van der Waals surface area (Å²) in [5, 5.41) is 21.3. The molecule has 0 unspecified atom stereocenters. The van der Waals surface area contributed by atoms with Gasteiger partial charge >= 0.3 is 0 Å². The van der Waals surface area contributed by atoms with Gasteiger partial charge < -0.3 is 11.5 Å². The fourth-order valence-electron chi connectivity index (χ4n) is 0.379. The van der Waals surface area contributed by atoms with Gasteiger partial charge in [-0.3, -0.25) is 10.8 Å². The molecule has 0 spiro atoms. The van der Waals surface area contributed by atoms with Gasteiger partial charge in [0.2, 0.25) is 0 Å². The van der Waals surface area contributed by atoms with Gasteiger partial charge in [0.1, 0.15) is 11.7 Å². The van der Waals surface area contributed by atoms with Gasteiger partial charge in [0, 0.05) is 11.1 Å². The molecule has 0 aliphatic carbocycles. The molecule has 0 aromatic heterocycles. The minimum atomic E-state index is -0.0452. The van der Waals surface area contributed by atoms with Crippen molar-refractivity contribution >= 4 is 36.5 Å². The number of halogens is 2. The standard InChI is InChI=1S/C8H14N6.2ClH/c1-5(7(9)10)3-13-14-4-6(2)8(11)12;;/h3-4H,1-2H3,(H3,9,10)(H3,11,12);2*1H/b5-3+,6-4+,14-13-;;. The van der Waals surface area contributed by atoms with Crippen LogP contribution >= 0.6 is 24.8 Å². The summed E-state index contributed by atoms with van der Waals surface area (Å²) < 4.78 is 0. The lowest BCUT2D eigenvalue weighted by atomic mass is 10.3. The maximum absolute atomic E-state index is 7.03. The van der Waals surface area contributed by atoms with E-state index in [1.807, 2.05) is 0 Å². The number of nitrogens with one attached hydrogen (secondary N) is 2. The molecular formula is C8H16Cl2N6. The molecular weight excluding hydrogens is 251 g/mol. The summed E-state index contributed by atoms with van der Waals surface area (Å²) in [5.74, 6) is -0.0903. The van der Waals surface area contributed by atoms with Crippen LogP contribution < -0.4 is 11.5 Å². The van der Waals surface area contributed by atoms with Gasteiger partial charge in [0.15, 0.2) is 0 Å². The first-order valence-corrected chi connectivity index (χ1v) is 3.87. The van der Waals surface area contributed by atoms with E-state index in [2.05, 4.69) is 10.2 Å². The van der Waals surface area contributed by atoms with Crippen LogP contribution in [0.5, 0.6) is 0 Å². The molecule has 0 bridgehead atoms. The molecule has 0 saturated carbocycles. The highest BCUT2D eigenvalue weighted by molar-refractivity contribution is 5.94. The zero-order valence-corrected chi connectivity index (χ0v) is 10.7. The van der Waals surface area contributed by atoms with Crippen LogP contribution in [0.2, 0.25) is 0 Å². The van der Waals surface area contributed by atoms with Gasteiger partial charge in [-0.1, -0.05) is 0 Å². The van der Waals surface area contributed by atoms with Crippen molar-refractivity contribution in [2.75, 3.05) is 0 Å². The minimum Gasteiger partial charge on any atom is -0.384 e. The van der Waals surface area contributed by atoms with E-state index < -0.39 is 0 Å². The summed E-state index contributed by atoms with van der Waals surface area (Å²) in [5.41, 5.74) is 11.4. The van der Waals surface area contributed by atoms with Crippen molar-refractivity contribution in [3.8, 4) is 0 Å². The Kier molecular flexibility index (Phi) is 12.7. The highest BCUT2D eigenvalue weighted by atomic mass is 35.5. The molecule has 0 aromatic rings. The average molecular weight is 267 g/mol. The van der Waals surface area contributed by atoms with Crippen molar-refractivity contribution in [2.24, 2.45) is 21.7 Å². The van der Waals surface area contributed by atoms with E-state index in [1.165, 1.54) is 12.4 Å². The lowest BCUT2D eigenvalue weighted by Gasteiger charge is -1.92. The predicted molar refractivity (Wildman–Crippen MR) is 70.7 cm³/mol. The third-order valence-electron chi connectivity index (χ3n) is 1.42. The Morgan fingerprint density at radius 3 is 1.31 bits per heavy atom. The van der Waals surface area contributed by atoms with Crippen molar-refractivity contribution in [3.05, 3.63) is 23.5 Å². The summed E-state index contributed by atoms with van der Waals surface area (Å²) in [6.07, 6.45) is 2.73. The number of nitrogens with two attached hydrogens (primary N) is 2. The molecule has 0 amide bonds. The second kappa shape index (κ2) is 10.1. The second-order valence-corrected chi connectivity index (χ2v) is 2.68. The SMILES string of the molecule is C\C(=C/N=N\C=C(/C)C(=N)N)C(=N)N.Cl.Cl. The summed E-state index contributed by atoms with van der Waals surface area (Å²) in [4.78, 5) is 0. The highest BCUT2D eigenvalue weighted by Gasteiger charge is 1.90. The van der Waals surface area contributed by atoms with Crippen LogP contribution in [-0.2, 0) is 0 Å². The van der Waals surface area contributed by atoms with Gasteiger partial charge in [-0.2, -0.15) is 10.2 Å². The van der Waals surface area contributed by atoms with E-state index in [0.29, 0.717) is 11.1 Å². The third kappa shape index (κ3) is 9.17. The largest absolute Gasteiger partial charge is 0.384 e. The van der Waals surface area contributed by atoms with Gasteiger partial charge in [-0.25, -0.2) is 0 Å². The van der Waals surface area contributed by atoms with Crippen molar-refractivity contribution < 1.29 is 0 Å². The molecule has 0 heterocycles. The Bertz CT molecular complexity index is 299. The molecule has 0 fully saturated rings. The summed E-state index contributed by atoms with van der Waals surface area (Å²) >= 11 is 0. The zero-order valence-electron chi connectivity index (χ0n) is 9.02. The van der Waals surface area contributed by atoms with Crippen LogP contribution in [-0.4, -0.2) is 11.7 Å². The van der Waals surface area contributed by atoms with Crippen LogP contribution in [0.3, 0.4) is 0 Å². The average Bonchev–Trinajstić information content (AvgIpc) is 2.11. The number of azo groups is 1. The van der Waals surface area contributed by atoms with Crippen LogP contribution in [0.1, 0.15) is 13.8 Å². The smallest absolute Gasteiger partial charge is 0.119 e. The van der Waals surface area contributed by atoms with Crippen molar-refractivity contribution in [3.63, 3.8) is 0 Å². The van der Waals surface area contributed by atoms with E-state index in [9.17, 15) is 0 Å². The molecule has 0 radical (unpaired) electrons. The highest BCUT2D eigenvalue weighted by Crippen LogP contribution is 1.95. The van der Waals surface area contributed by atoms with Crippen LogP contribution in [0, 0.1) is 10.8 Å². The van der Waals surface area contributed by atoms with Crippen LogP contribution in [0.4, 0.5) is 0 Å². The fraction of sp³-hybridized carbons (Fsp3) is 0.250. The molecule has 6 N–H and O–H groups in total. The summed E-state index contributed by atoms with van der Waals surface area (Å²) in [6.45, 7) is 3.31. The zero-order chi connectivity index (χ0) is 11.1. The van der Waals surface area contributed by atoms with E-state index in [0.717, 1.165) is 0 Å². The minimum absolute atomic E-state index is 0. The van der Waals surface area contributed by atoms with Gasteiger partial charge in [-0.15, -0.1) is 24.8 Å². The van der Waals surface area contributed by atoms with Gasteiger partial charge in [0.05, 0.1) is 12.4 Å². The number of amidine groups is 2. The molecule has 0 aliphatic rings. The van der Waals surface area contributed by atoms with Crippen molar-refractivity contribution in [2.45, 2.75) is 13.8 Å².